The summed E-state index contributed by atoms with van der Waals surface area (Å²) in [6.07, 6.45) is 0. The van der Waals surface area contributed by atoms with E-state index in [2.05, 4.69) is 5.32 Å². The smallest absolute Gasteiger partial charge is 0.234 e. The summed E-state index contributed by atoms with van der Waals surface area (Å²) in [4.78, 5) is 13.9. The molecule has 1 heterocycles. The van der Waals surface area contributed by atoms with Gasteiger partial charge in [0.2, 0.25) is 12.7 Å². The third kappa shape index (κ3) is 5.10. The number of halogens is 1. The zero-order valence-corrected chi connectivity index (χ0v) is 14.5. The molecule has 0 aromatic heterocycles. The van der Waals surface area contributed by atoms with Crippen LogP contribution in [-0.4, -0.2) is 44.3 Å². The number of nitrogens with one attached hydrogen (secondary N) is 1. The van der Waals surface area contributed by atoms with Crippen molar-refractivity contribution in [3.63, 3.8) is 0 Å². The van der Waals surface area contributed by atoms with Gasteiger partial charge in [0.1, 0.15) is 18.2 Å². The van der Waals surface area contributed by atoms with Crippen LogP contribution in [0.25, 0.3) is 0 Å². The van der Waals surface area contributed by atoms with Crippen LogP contribution < -0.4 is 19.5 Å². The molecule has 0 spiro atoms. The van der Waals surface area contributed by atoms with E-state index in [1.54, 1.807) is 12.1 Å². The van der Waals surface area contributed by atoms with E-state index >= 15 is 0 Å². The van der Waals surface area contributed by atoms with E-state index in [9.17, 15) is 9.18 Å². The fourth-order valence-corrected chi connectivity index (χ4v) is 2.48. The largest absolute Gasteiger partial charge is 0.492 e. The van der Waals surface area contributed by atoms with E-state index in [1.165, 1.54) is 12.1 Å². The second-order valence-corrected chi connectivity index (χ2v) is 6.00. The molecule has 6 nitrogen and oxygen atoms in total. The molecule has 2 aromatic carbocycles. The summed E-state index contributed by atoms with van der Waals surface area (Å²) < 4.78 is 28.9. The van der Waals surface area contributed by atoms with Crippen LogP contribution in [0.4, 0.5) is 4.39 Å². The van der Waals surface area contributed by atoms with Crippen molar-refractivity contribution in [2.45, 2.75) is 6.54 Å². The van der Waals surface area contributed by atoms with Gasteiger partial charge in [-0.2, -0.15) is 0 Å². The van der Waals surface area contributed by atoms with Crippen molar-refractivity contribution in [2.24, 2.45) is 0 Å². The highest BCUT2D eigenvalue weighted by atomic mass is 19.1. The van der Waals surface area contributed by atoms with Crippen LogP contribution in [0.5, 0.6) is 17.2 Å². The maximum atomic E-state index is 12.8. The number of likely N-dealkylation sites (N-methyl/N-ethyl adjacent to an activating group) is 1. The van der Waals surface area contributed by atoms with Gasteiger partial charge in [0.15, 0.2) is 11.5 Å². The average Bonchev–Trinajstić information content (AvgIpc) is 3.09. The van der Waals surface area contributed by atoms with Gasteiger partial charge in [-0.3, -0.25) is 9.69 Å². The van der Waals surface area contributed by atoms with Crippen molar-refractivity contribution >= 4 is 5.91 Å². The summed E-state index contributed by atoms with van der Waals surface area (Å²) in [6, 6.07) is 11.5. The van der Waals surface area contributed by atoms with E-state index in [0.717, 1.165) is 11.3 Å². The van der Waals surface area contributed by atoms with Gasteiger partial charge in [-0.1, -0.05) is 6.07 Å². The lowest BCUT2D eigenvalue weighted by Gasteiger charge is -2.16. The van der Waals surface area contributed by atoms with Crippen LogP contribution in [-0.2, 0) is 11.3 Å². The Morgan fingerprint density at radius 1 is 1.19 bits per heavy atom. The van der Waals surface area contributed by atoms with E-state index < -0.39 is 0 Å². The number of carbonyl (C=O) groups excluding carboxylic acids is 1. The van der Waals surface area contributed by atoms with Crippen molar-refractivity contribution in [1.82, 2.24) is 10.2 Å². The molecule has 0 saturated heterocycles. The number of ether oxygens (including phenoxy) is 3. The molecule has 0 unspecified atom stereocenters. The lowest BCUT2D eigenvalue weighted by Crippen LogP contribution is -2.36. The zero-order chi connectivity index (χ0) is 18.4. The number of fused-ring (bicyclic) bond motifs is 1. The molecule has 0 fully saturated rings. The first-order valence-electron chi connectivity index (χ1n) is 8.32. The van der Waals surface area contributed by atoms with E-state index in [1.807, 2.05) is 30.1 Å². The predicted octanol–water partition coefficient (Wildman–Crippen LogP) is 2.18. The molecule has 1 aliphatic heterocycles. The van der Waals surface area contributed by atoms with Crippen molar-refractivity contribution < 1.29 is 23.4 Å². The molecule has 0 atom stereocenters. The van der Waals surface area contributed by atoms with Gasteiger partial charge in [0, 0.05) is 13.1 Å². The van der Waals surface area contributed by atoms with Crippen LogP contribution in [0.15, 0.2) is 42.5 Å². The lowest BCUT2D eigenvalue weighted by atomic mass is 10.2. The van der Waals surface area contributed by atoms with Crippen LogP contribution >= 0.6 is 0 Å². The minimum Gasteiger partial charge on any atom is -0.492 e. The number of hydrogen-bond donors (Lipinski definition) is 1. The van der Waals surface area contributed by atoms with E-state index in [4.69, 9.17) is 14.2 Å². The minimum absolute atomic E-state index is 0.0769. The summed E-state index contributed by atoms with van der Waals surface area (Å²) in [5, 5.41) is 2.88. The maximum absolute atomic E-state index is 12.8. The molecule has 7 heteroatoms. The number of nitrogens with zero attached hydrogens (tertiary/aromatic N) is 1. The number of hydrogen-bond acceptors (Lipinski definition) is 5. The molecule has 26 heavy (non-hydrogen) atoms. The fraction of sp³-hybridized carbons (Fsp3) is 0.316. The Labute approximate surface area is 151 Å². The monoisotopic (exact) mass is 360 g/mol. The molecular formula is C19H21FN2O4. The number of amides is 1. The fourth-order valence-electron chi connectivity index (χ4n) is 2.48. The Bertz CT molecular complexity index is 752. The highest BCUT2D eigenvalue weighted by Crippen LogP contribution is 2.32. The molecule has 1 amide bonds. The molecule has 3 rings (SSSR count). The van der Waals surface area contributed by atoms with Gasteiger partial charge >= 0.3 is 0 Å². The highest BCUT2D eigenvalue weighted by Gasteiger charge is 2.13. The minimum atomic E-state index is -0.298. The van der Waals surface area contributed by atoms with E-state index in [-0.39, 0.29) is 25.1 Å². The molecule has 0 saturated carbocycles. The third-order valence-electron chi connectivity index (χ3n) is 3.90. The first kappa shape index (κ1) is 18.0. The van der Waals surface area contributed by atoms with Gasteiger partial charge < -0.3 is 19.5 Å². The van der Waals surface area contributed by atoms with Gasteiger partial charge in [0.05, 0.1) is 6.54 Å². The summed E-state index contributed by atoms with van der Waals surface area (Å²) in [6.45, 7) is 1.91. The number of rotatable bonds is 8. The molecule has 2 aromatic rings. The van der Waals surface area contributed by atoms with Gasteiger partial charge in [-0.15, -0.1) is 0 Å². The quantitative estimate of drug-likeness (QED) is 0.782. The predicted molar refractivity (Wildman–Crippen MR) is 93.8 cm³/mol. The summed E-state index contributed by atoms with van der Waals surface area (Å²) >= 11 is 0. The Balaban J connectivity index is 1.35. The summed E-state index contributed by atoms with van der Waals surface area (Å²) in [5.41, 5.74) is 0.949. The van der Waals surface area contributed by atoms with Gasteiger partial charge in [0.25, 0.3) is 0 Å². The first-order valence-corrected chi connectivity index (χ1v) is 8.32. The van der Waals surface area contributed by atoms with Crippen LogP contribution in [0, 0.1) is 5.82 Å². The third-order valence-corrected chi connectivity index (χ3v) is 3.90. The normalized spacial score (nSPS) is 12.3. The van der Waals surface area contributed by atoms with Crippen molar-refractivity contribution in [3.05, 3.63) is 53.8 Å². The van der Waals surface area contributed by atoms with Crippen molar-refractivity contribution in [1.29, 1.82) is 0 Å². The molecule has 0 bridgehead atoms. The number of benzene rings is 2. The van der Waals surface area contributed by atoms with Crippen LogP contribution in [0.1, 0.15) is 5.56 Å². The second kappa shape index (κ2) is 8.53. The Hall–Kier alpha value is -2.80. The molecule has 1 N–H and O–H groups in total. The summed E-state index contributed by atoms with van der Waals surface area (Å²) in [5.74, 6) is 1.65. The van der Waals surface area contributed by atoms with Crippen molar-refractivity contribution in [2.75, 3.05) is 33.5 Å². The number of carbonyl (C=O) groups is 1. The molecular weight excluding hydrogens is 339 g/mol. The van der Waals surface area contributed by atoms with E-state index in [0.29, 0.717) is 31.2 Å². The average molecular weight is 360 g/mol. The summed E-state index contributed by atoms with van der Waals surface area (Å²) in [7, 11) is 1.84. The first-order chi connectivity index (χ1) is 12.6. The molecule has 0 radical (unpaired) electrons. The van der Waals surface area contributed by atoms with Crippen LogP contribution in [0.2, 0.25) is 0 Å². The standard InChI is InChI=1S/C19H21FN2O4/c1-22(8-9-24-16-5-3-15(20)4-6-16)12-19(23)21-11-14-2-7-17-18(10-14)26-13-25-17/h2-7,10H,8-9,11-13H2,1H3,(H,21,23). The van der Waals surface area contributed by atoms with Gasteiger partial charge in [-0.05, 0) is 49.0 Å². The maximum Gasteiger partial charge on any atom is 0.234 e. The zero-order valence-electron chi connectivity index (χ0n) is 14.5. The topological polar surface area (TPSA) is 60.0 Å². The van der Waals surface area contributed by atoms with Crippen molar-refractivity contribution in [3.8, 4) is 17.2 Å². The Kier molecular flexibility index (Phi) is 5.91. The molecule has 0 aliphatic carbocycles. The SMILES string of the molecule is CN(CCOc1ccc(F)cc1)CC(=O)NCc1ccc2c(c1)OCO2. The lowest BCUT2D eigenvalue weighted by molar-refractivity contribution is -0.122. The van der Waals surface area contributed by atoms with Crippen LogP contribution in [0.3, 0.4) is 0 Å². The highest BCUT2D eigenvalue weighted by molar-refractivity contribution is 5.78. The molecule has 138 valence electrons. The molecule has 1 aliphatic rings. The Morgan fingerprint density at radius 2 is 1.96 bits per heavy atom. The Morgan fingerprint density at radius 3 is 2.77 bits per heavy atom. The second-order valence-electron chi connectivity index (χ2n) is 6.00. The van der Waals surface area contributed by atoms with Gasteiger partial charge in [-0.25, -0.2) is 4.39 Å².